The van der Waals surface area contributed by atoms with Gasteiger partial charge in [0.2, 0.25) is 0 Å². The van der Waals surface area contributed by atoms with Crippen LogP contribution in [0.15, 0.2) is 249 Å². The summed E-state index contributed by atoms with van der Waals surface area (Å²) in [7, 11) is 0. The lowest BCUT2D eigenvalue weighted by Gasteiger charge is -2.34. The van der Waals surface area contributed by atoms with Crippen molar-refractivity contribution in [2.75, 3.05) is 9.80 Å². The smallest absolute Gasteiger partial charge is 0.0727 e. The van der Waals surface area contributed by atoms with Crippen molar-refractivity contribution in [3.8, 4) is 44.5 Å². The Kier molecular flexibility index (Phi) is 10.3. The van der Waals surface area contributed by atoms with Crippen LogP contribution in [-0.2, 0) is 11.8 Å². The van der Waals surface area contributed by atoms with Crippen molar-refractivity contribution in [2.45, 2.75) is 25.7 Å². The molecule has 0 radical (unpaired) electrons. The predicted molar refractivity (Wildman–Crippen MR) is 287 cm³/mol. The number of benzene rings is 10. The Morgan fingerprint density at radius 3 is 1.32 bits per heavy atom. The molecular formula is C66H50N2. The molecule has 0 saturated heterocycles. The van der Waals surface area contributed by atoms with E-state index in [0.29, 0.717) is 0 Å². The highest BCUT2D eigenvalue weighted by Gasteiger charge is 2.53. The quantitative estimate of drug-likeness (QED) is 0.150. The van der Waals surface area contributed by atoms with Gasteiger partial charge in [0, 0.05) is 34.0 Å². The maximum absolute atomic E-state index is 2.53. The topological polar surface area (TPSA) is 6.48 Å². The number of para-hydroxylation sites is 2. The molecule has 2 nitrogen and oxygen atoms in total. The summed E-state index contributed by atoms with van der Waals surface area (Å²) in [5.74, 6) is 0. The normalized spacial score (nSPS) is 12.9. The van der Waals surface area contributed by atoms with Crippen LogP contribution in [-0.4, -0.2) is 0 Å². The lowest BCUT2D eigenvalue weighted by molar-refractivity contribution is 0.793. The third-order valence-electron chi connectivity index (χ3n) is 14.1. The first-order chi connectivity index (χ1) is 33.8. The fraction of sp³-hybridized carbons (Fsp3) is 0.0606. The van der Waals surface area contributed by atoms with Crippen LogP contribution in [0.25, 0.3) is 50.6 Å². The van der Waals surface area contributed by atoms with E-state index in [-0.39, 0.29) is 0 Å². The highest BCUT2D eigenvalue weighted by Crippen LogP contribution is 2.67. The average Bonchev–Trinajstić information content (AvgIpc) is 4.11. The molecule has 10 aromatic carbocycles. The van der Waals surface area contributed by atoms with Crippen molar-refractivity contribution in [1.29, 1.82) is 0 Å². The predicted octanol–water partition coefficient (Wildman–Crippen LogP) is 17.9. The summed E-state index contributed by atoms with van der Waals surface area (Å²) < 4.78 is 0. The second-order valence-corrected chi connectivity index (χ2v) is 17.6. The van der Waals surface area contributed by atoms with Gasteiger partial charge in [-0.15, -0.1) is 0 Å². The zero-order chi connectivity index (χ0) is 45.6. The number of anilines is 6. The van der Waals surface area contributed by atoms with E-state index >= 15 is 0 Å². The van der Waals surface area contributed by atoms with Gasteiger partial charge in [-0.3, -0.25) is 0 Å². The molecule has 3 aliphatic rings. The highest BCUT2D eigenvalue weighted by molar-refractivity contribution is 6.05. The standard InChI is InChI=1S/C64H44N2.C2H6/c1-5-18-44(19-6-1)46-32-37-51(38-33-46)65(49-23-9-3-10-24-49)53-42-60-63(61(43-53)66(50-25-11-4-12-26-50)52-39-34-47(35-40-52)45-20-7-2-8-21-45)62-54-29-17-22-48(54)36-41-59(62)64(60)57-30-15-13-27-55(57)56-28-14-16-31-58(56)64;1-2/h1-28,30-43H,29H2;1-2H3. The van der Waals surface area contributed by atoms with Gasteiger partial charge in [-0.2, -0.15) is 0 Å². The van der Waals surface area contributed by atoms with Crippen molar-refractivity contribution >= 4 is 40.2 Å². The van der Waals surface area contributed by atoms with Crippen LogP contribution in [0, 0.1) is 0 Å². The third-order valence-corrected chi connectivity index (χ3v) is 14.1. The van der Waals surface area contributed by atoms with E-state index in [9.17, 15) is 0 Å². The van der Waals surface area contributed by atoms with Crippen molar-refractivity contribution in [3.05, 3.63) is 282 Å². The molecular weight excluding hydrogens is 821 g/mol. The second-order valence-electron chi connectivity index (χ2n) is 17.6. The Hall–Kier alpha value is -8.46. The van der Waals surface area contributed by atoms with E-state index in [1.165, 1.54) is 77.9 Å². The maximum Gasteiger partial charge on any atom is 0.0727 e. The van der Waals surface area contributed by atoms with Gasteiger partial charge >= 0.3 is 0 Å². The summed E-state index contributed by atoms with van der Waals surface area (Å²) in [6.45, 7) is 4.00. The number of allylic oxidation sites excluding steroid dienone is 1. The molecule has 10 aromatic rings. The van der Waals surface area contributed by atoms with Gasteiger partial charge in [-0.25, -0.2) is 0 Å². The Balaban J connectivity index is 0.00000237. The highest BCUT2D eigenvalue weighted by atomic mass is 15.2. The van der Waals surface area contributed by atoms with E-state index in [2.05, 4.69) is 265 Å². The van der Waals surface area contributed by atoms with Gasteiger partial charge in [0.25, 0.3) is 0 Å². The molecule has 13 rings (SSSR count). The first-order valence-corrected chi connectivity index (χ1v) is 24.0. The van der Waals surface area contributed by atoms with Gasteiger partial charge in [0.15, 0.2) is 0 Å². The van der Waals surface area contributed by atoms with Gasteiger partial charge in [0.05, 0.1) is 11.1 Å². The van der Waals surface area contributed by atoms with Crippen LogP contribution in [0.1, 0.15) is 47.2 Å². The summed E-state index contributed by atoms with van der Waals surface area (Å²) in [4.78, 5) is 4.96. The van der Waals surface area contributed by atoms with Crippen LogP contribution >= 0.6 is 0 Å². The molecule has 0 heterocycles. The largest absolute Gasteiger partial charge is 0.310 e. The lowest BCUT2D eigenvalue weighted by Crippen LogP contribution is -2.26. The molecule has 68 heavy (non-hydrogen) atoms. The first-order valence-electron chi connectivity index (χ1n) is 24.0. The van der Waals surface area contributed by atoms with E-state index in [1.807, 2.05) is 13.8 Å². The number of hydrogen-bond acceptors (Lipinski definition) is 2. The van der Waals surface area contributed by atoms with Crippen molar-refractivity contribution in [1.82, 2.24) is 0 Å². The van der Waals surface area contributed by atoms with Crippen LogP contribution in [0.5, 0.6) is 0 Å². The van der Waals surface area contributed by atoms with Crippen LogP contribution in [0.3, 0.4) is 0 Å². The minimum atomic E-state index is -0.570. The van der Waals surface area contributed by atoms with Crippen LogP contribution in [0.4, 0.5) is 34.1 Å². The molecule has 2 heteroatoms. The Morgan fingerprint density at radius 1 is 0.338 bits per heavy atom. The molecule has 0 bridgehead atoms. The molecule has 0 atom stereocenters. The molecule has 0 amide bonds. The Bertz CT molecular complexity index is 3420. The maximum atomic E-state index is 2.53. The van der Waals surface area contributed by atoms with E-state index in [1.54, 1.807) is 0 Å². The summed E-state index contributed by atoms with van der Waals surface area (Å²) in [6.07, 6.45) is 5.55. The van der Waals surface area contributed by atoms with E-state index in [4.69, 9.17) is 0 Å². The lowest BCUT2D eigenvalue weighted by atomic mass is 9.70. The molecule has 0 aromatic heterocycles. The second kappa shape index (κ2) is 17.1. The third kappa shape index (κ3) is 6.48. The van der Waals surface area contributed by atoms with Crippen LogP contribution < -0.4 is 9.80 Å². The summed E-state index contributed by atoms with van der Waals surface area (Å²) in [5, 5.41) is 0. The molecule has 0 unspecified atom stereocenters. The first kappa shape index (κ1) is 41.0. The minimum Gasteiger partial charge on any atom is -0.310 e. The molecule has 0 N–H and O–H groups in total. The average molecular weight is 871 g/mol. The summed E-state index contributed by atoms with van der Waals surface area (Å²) in [5.41, 5.74) is 24.0. The molecule has 324 valence electrons. The SMILES string of the molecule is C1=Cc2ccc3c(c2C1)-c1c(N(c2ccccc2)c2ccc(-c4ccccc4)cc2)cc(N(c2ccccc2)c2ccc(-c4ccccc4)cc2)cc1C31c2ccccc2-c2ccccc21.CC. The fourth-order valence-electron chi connectivity index (χ4n) is 11.3. The molecule has 0 aliphatic heterocycles. The van der Waals surface area contributed by atoms with Gasteiger partial charge < -0.3 is 9.80 Å². The van der Waals surface area contributed by atoms with Crippen molar-refractivity contribution in [2.24, 2.45) is 0 Å². The van der Waals surface area contributed by atoms with Gasteiger partial charge in [-0.1, -0.05) is 208 Å². The zero-order valence-electron chi connectivity index (χ0n) is 38.4. The fourth-order valence-corrected chi connectivity index (χ4v) is 11.3. The monoisotopic (exact) mass is 870 g/mol. The summed E-state index contributed by atoms with van der Waals surface area (Å²) >= 11 is 0. The number of rotatable bonds is 8. The summed E-state index contributed by atoms with van der Waals surface area (Å²) in [6, 6.07) is 89.5. The van der Waals surface area contributed by atoms with Crippen molar-refractivity contribution in [3.63, 3.8) is 0 Å². The number of nitrogens with zero attached hydrogens (tertiary/aromatic N) is 2. The zero-order valence-corrected chi connectivity index (χ0v) is 38.4. The molecule has 0 saturated carbocycles. The number of hydrogen-bond donors (Lipinski definition) is 0. The molecule has 0 fully saturated rings. The molecule has 1 spiro atoms. The van der Waals surface area contributed by atoms with E-state index in [0.717, 1.165) is 40.5 Å². The van der Waals surface area contributed by atoms with Crippen molar-refractivity contribution < 1.29 is 0 Å². The van der Waals surface area contributed by atoms with Gasteiger partial charge in [0.1, 0.15) is 0 Å². The minimum absolute atomic E-state index is 0.570. The Labute approximate surface area is 400 Å². The van der Waals surface area contributed by atoms with Crippen LogP contribution in [0.2, 0.25) is 0 Å². The molecule has 3 aliphatic carbocycles. The van der Waals surface area contributed by atoms with Gasteiger partial charge in [-0.05, 0) is 139 Å². The van der Waals surface area contributed by atoms with E-state index < -0.39 is 5.41 Å². The Morgan fingerprint density at radius 2 is 0.779 bits per heavy atom. The number of fused-ring (bicyclic) bond motifs is 12.